The Kier molecular flexibility index (Phi) is 3.79. The molecule has 3 heteroatoms. The van der Waals surface area contributed by atoms with Crippen LogP contribution in [0.5, 0.6) is 0 Å². The first kappa shape index (κ1) is 12.1. The van der Waals surface area contributed by atoms with Crippen molar-refractivity contribution in [2.45, 2.75) is 33.2 Å². The third-order valence-electron chi connectivity index (χ3n) is 2.52. The van der Waals surface area contributed by atoms with Gasteiger partial charge < -0.3 is 5.32 Å². The minimum absolute atomic E-state index is 0.469. The van der Waals surface area contributed by atoms with Crippen molar-refractivity contribution in [3.05, 3.63) is 35.5 Å². The minimum atomic E-state index is 0.469. The summed E-state index contributed by atoms with van der Waals surface area (Å²) < 4.78 is 0. The first-order valence-corrected chi connectivity index (χ1v) is 6.82. The Bertz CT molecular complexity index is 474. The molecule has 0 atom stereocenters. The molecule has 2 heterocycles. The number of aromatic nitrogens is 1. The van der Waals surface area contributed by atoms with Crippen molar-refractivity contribution >= 4 is 17.0 Å². The highest BCUT2D eigenvalue weighted by Gasteiger charge is 2.09. The Balaban J connectivity index is 2.34. The maximum Gasteiger partial charge on any atom is 0.0489 e. The van der Waals surface area contributed by atoms with Crippen LogP contribution in [0.25, 0.3) is 10.4 Å². The number of hydrogen-bond acceptors (Lipinski definition) is 3. The normalized spacial score (nSPS) is 10.8. The minimum Gasteiger partial charge on any atom is -0.382 e. The highest BCUT2D eigenvalue weighted by atomic mass is 32.1. The summed E-state index contributed by atoms with van der Waals surface area (Å²) in [4.78, 5) is 6.88. The van der Waals surface area contributed by atoms with E-state index in [1.54, 1.807) is 0 Å². The van der Waals surface area contributed by atoms with Crippen LogP contribution in [0, 0.1) is 0 Å². The topological polar surface area (TPSA) is 24.9 Å². The highest BCUT2D eigenvalue weighted by molar-refractivity contribution is 7.16. The number of rotatable bonds is 4. The molecule has 0 fully saturated rings. The largest absolute Gasteiger partial charge is 0.382 e. The van der Waals surface area contributed by atoms with E-state index >= 15 is 0 Å². The van der Waals surface area contributed by atoms with Crippen LogP contribution in [0.3, 0.4) is 0 Å². The summed E-state index contributed by atoms with van der Waals surface area (Å²) in [5.41, 5.74) is 2.47. The van der Waals surface area contributed by atoms with E-state index in [1.807, 2.05) is 29.8 Å². The average molecular weight is 246 g/mol. The van der Waals surface area contributed by atoms with Crippen molar-refractivity contribution in [3.63, 3.8) is 0 Å². The SMILES string of the molecule is CCc1sc(-c2cccnc2)cc1NC(C)C. The van der Waals surface area contributed by atoms with Crippen LogP contribution in [0.1, 0.15) is 25.6 Å². The summed E-state index contributed by atoms with van der Waals surface area (Å²) in [6.07, 6.45) is 4.80. The Morgan fingerprint density at radius 2 is 2.24 bits per heavy atom. The predicted molar refractivity (Wildman–Crippen MR) is 75.7 cm³/mol. The average Bonchev–Trinajstić information content (AvgIpc) is 2.72. The van der Waals surface area contributed by atoms with Crippen LogP contribution >= 0.6 is 11.3 Å². The van der Waals surface area contributed by atoms with Crippen LogP contribution in [-0.4, -0.2) is 11.0 Å². The number of hydrogen-bond donors (Lipinski definition) is 1. The zero-order valence-electron chi connectivity index (χ0n) is 10.5. The first-order chi connectivity index (χ1) is 8.20. The fourth-order valence-electron chi connectivity index (χ4n) is 1.78. The molecule has 0 saturated heterocycles. The lowest BCUT2D eigenvalue weighted by atomic mass is 10.2. The molecular formula is C14H18N2S. The van der Waals surface area contributed by atoms with Crippen LogP contribution in [0.4, 0.5) is 5.69 Å². The molecule has 0 radical (unpaired) electrons. The van der Waals surface area contributed by atoms with E-state index in [9.17, 15) is 0 Å². The van der Waals surface area contributed by atoms with Gasteiger partial charge in [-0.15, -0.1) is 11.3 Å². The van der Waals surface area contributed by atoms with Gasteiger partial charge in [-0.05, 0) is 32.4 Å². The molecule has 2 aromatic rings. The summed E-state index contributed by atoms with van der Waals surface area (Å²) in [6.45, 7) is 6.53. The van der Waals surface area contributed by atoms with Crippen LogP contribution in [0.15, 0.2) is 30.6 Å². The van der Waals surface area contributed by atoms with Gasteiger partial charge in [0.1, 0.15) is 0 Å². The lowest BCUT2D eigenvalue weighted by Crippen LogP contribution is -2.09. The van der Waals surface area contributed by atoms with Crippen molar-refractivity contribution in [2.24, 2.45) is 0 Å². The monoisotopic (exact) mass is 246 g/mol. The van der Waals surface area contributed by atoms with Gasteiger partial charge in [-0.2, -0.15) is 0 Å². The van der Waals surface area contributed by atoms with E-state index in [1.165, 1.54) is 21.0 Å². The molecule has 2 aromatic heterocycles. The third kappa shape index (κ3) is 2.86. The standard InChI is InChI=1S/C14H18N2S/c1-4-13-12(16-10(2)3)8-14(17-13)11-6-5-7-15-9-11/h5-10,16H,4H2,1-3H3. The molecule has 0 aliphatic heterocycles. The lowest BCUT2D eigenvalue weighted by molar-refractivity contribution is 0.897. The van der Waals surface area contributed by atoms with E-state index in [0.29, 0.717) is 6.04 Å². The molecule has 0 bridgehead atoms. The summed E-state index contributed by atoms with van der Waals surface area (Å²) >= 11 is 1.85. The van der Waals surface area contributed by atoms with Crippen LogP contribution < -0.4 is 5.32 Å². The van der Waals surface area contributed by atoms with Gasteiger partial charge in [0.25, 0.3) is 0 Å². The zero-order chi connectivity index (χ0) is 12.3. The van der Waals surface area contributed by atoms with Crippen LogP contribution in [-0.2, 0) is 6.42 Å². The molecule has 0 spiro atoms. The van der Waals surface area contributed by atoms with Crippen molar-refractivity contribution in [2.75, 3.05) is 5.32 Å². The summed E-state index contributed by atoms with van der Waals surface area (Å²) in [6, 6.07) is 6.80. The molecule has 2 nitrogen and oxygen atoms in total. The van der Waals surface area contributed by atoms with Crippen molar-refractivity contribution < 1.29 is 0 Å². The maximum atomic E-state index is 4.17. The third-order valence-corrected chi connectivity index (χ3v) is 3.85. The molecule has 90 valence electrons. The molecule has 0 aliphatic rings. The predicted octanol–water partition coefficient (Wildman–Crippen LogP) is 4.19. The number of nitrogens with zero attached hydrogens (tertiary/aromatic N) is 1. The molecule has 0 aromatic carbocycles. The number of aryl methyl sites for hydroxylation is 1. The van der Waals surface area contributed by atoms with Gasteiger partial charge in [0.05, 0.1) is 0 Å². The summed E-state index contributed by atoms with van der Waals surface area (Å²) in [5.74, 6) is 0. The highest BCUT2D eigenvalue weighted by Crippen LogP contribution is 2.35. The van der Waals surface area contributed by atoms with Gasteiger partial charge in [-0.25, -0.2) is 0 Å². The zero-order valence-corrected chi connectivity index (χ0v) is 11.3. The van der Waals surface area contributed by atoms with E-state index in [4.69, 9.17) is 0 Å². The Labute approximate surface area is 107 Å². The Hall–Kier alpha value is -1.35. The number of anilines is 1. The van der Waals surface area contributed by atoms with E-state index in [-0.39, 0.29) is 0 Å². The van der Waals surface area contributed by atoms with Gasteiger partial charge >= 0.3 is 0 Å². The van der Waals surface area contributed by atoms with Crippen LogP contribution in [0.2, 0.25) is 0 Å². The molecule has 0 saturated carbocycles. The van der Waals surface area contributed by atoms with E-state index < -0.39 is 0 Å². The molecule has 17 heavy (non-hydrogen) atoms. The van der Waals surface area contributed by atoms with E-state index in [2.05, 4.69) is 43.2 Å². The van der Waals surface area contributed by atoms with Gasteiger partial charge in [0.2, 0.25) is 0 Å². The summed E-state index contributed by atoms with van der Waals surface area (Å²) in [7, 11) is 0. The fraction of sp³-hybridized carbons (Fsp3) is 0.357. The smallest absolute Gasteiger partial charge is 0.0489 e. The van der Waals surface area contributed by atoms with Crippen molar-refractivity contribution in [3.8, 4) is 10.4 Å². The molecule has 0 unspecified atom stereocenters. The Morgan fingerprint density at radius 1 is 1.41 bits per heavy atom. The maximum absolute atomic E-state index is 4.17. The molecule has 1 N–H and O–H groups in total. The second-order valence-corrected chi connectivity index (χ2v) is 5.48. The number of pyridine rings is 1. The lowest BCUT2D eigenvalue weighted by Gasteiger charge is -2.09. The van der Waals surface area contributed by atoms with Gasteiger partial charge in [0, 0.05) is 39.4 Å². The number of nitrogens with one attached hydrogen (secondary N) is 1. The Morgan fingerprint density at radius 3 is 2.82 bits per heavy atom. The quantitative estimate of drug-likeness (QED) is 0.874. The molecule has 2 rings (SSSR count). The summed E-state index contributed by atoms with van der Waals surface area (Å²) in [5, 5.41) is 3.50. The van der Waals surface area contributed by atoms with E-state index in [0.717, 1.165) is 6.42 Å². The van der Waals surface area contributed by atoms with Crippen molar-refractivity contribution in [1.82, 2.24) is 4.98 Å². The second-order valence-electron chi connectivity index (χ2n) is 4.34. The first-order valence-electron chi connectivity index (χ1n) is 6.00. The molecule has 0 amide bonds. The van der Waals surface area contributed by atoms with Gasteiger partial charge in [-0.3, -0.25) is 4.98 Å². The van der Waals surface area contributed by atoms with Gasteiger partial charge in [-0.1, -0.05) is 13.0 Å². The van der Waals surface area contributed by atoms with Crippen molar-refractivity contribution in [1.29, 1.82) is 0 Å². The second kappa shape index (κ2) is 5.32. The fourth-order valence-corrected chi connectivity index (χ4v) is 2.83. The van der Waals surface area contributed by atoms with Gasteiger partial charge in [0.15, 0.2) is 0 Å². The molecular weight excluding hydrogens is 228 g/mol. The molecule has 0 aliphatic carbocycles. The number of thiophene rings is 1.